The van der Waals surface area contributed by atoms with Crippen molar-refractivity contribution < 1.29 is 14.6 Å². The molecule has 1 aromatic heterocycles. The van der Waals surface area contributed by atoms with E-state index in [1.807, 2.05) is 18.2 Å². The molecule has 0 aliphatic rings. The van der Waals surface area contributed by atoms with Gasteiger partial charge in [0.1, 0.15) is 5.75 Å². The minimum absolute atomic E-state index is 0.159. The van der Waals surface area contributed by atoms with Crippen molar-refractivity contribution in [1.82, 2.24) is 4.98 Å². The van der Waals surface area contributed by atoms with Crippen molar-refractivity contribution in [2.45, 2.75) is 13.0 Å². The number of nitrogens with zero attached hydrogens (tertiary/aromatic N) is 2. The summed E-state index contributed by atoms with van der Waals surface area (Å²) in [5, 5.41) is 19.0. The van der Waals surface area contributed by atoms with Crippen LogP contribution in [0.2, 0.25) is 10.0 Å². The van der Waals surface area contributed by atoms with Crippen molar-refractivity contribution in [3.8, 4) is 11.6 Å². The van der Waals surface area contributed by atoms with E-state index in [4.69, 9.17) is 27.9 Å². The van der Waals surface area contributed by atoms with Gasteiger partial charge in [-0.25, -0.2) is 0 Å². The predicted molar refractivity (Wildman–Crippen MR) is 109 cm³/mol. The number of hydrogen-bond donors (Lipinski definition) is 2. The van der Waals surface area contributed by atoms with Crippen molar-refractivity contribution in [2.24, 2.45) is 10.2 Å². The first-order valence-corrected chi connectivity index (χ1v) is 9.26. The molecule has 2 aromatic carbocycles. The van der Waals surface area contributed by atoms with E-state index < -0.39 is 12.0 Å². The second kappa shape index (κ2) is 7.81. The van der Waals surface area contributed by atoms with Gasteiger partial charge in [-0.3, -0.25) is 4.79 Å². The zero-order chi connectivity index (χ0) is 18.8. The fraction of sp³-hybridized carbons (Fsp3) is 0.118. The summed E-state index contributed by atoms with van der Waals surface area (Å²) in [6.45, 7) is 1.53. The molecular formula is C17H12Cl2IN3O3. The average molecular weight is 504 g/mol. The SMILES string of the molecule is CC(Oc1ccc(Cl)cc1Cl)C(=O)N=Nc1c(O)[nH]c2ccc(I)cc12. The third-order valence-electron chi connectivity index (χ3n) is 3.51. The first-order chi connectivity index (χ1) is 12.3. The van der Waals surface area contributed by atoms with Gasteiger partial charge in [-0.05, 0) is 65.9 Å². The number of aromatic amines is 1. The molecule has 1 amide bonds. The van der Waals surface area contributed by atoms with Crippen LogP contribution in [0.3, 0.4) is 0 Å². The highest BCUT2D eigenvalue weighted by Gasteiger charge is 2.17. The van der Waals surface area contributed by atoms with Crippen LogP contribution in [0.5, 0.6) is 11.6 Å². The smallest absolute Gasteiger partial charge is 0.304 e. The van der Waals surface area contributed by atoms with Crippen LogP contribution >= 0.6 is 45.8 Å². The third-order valence-corrected chi connectivity index (χ3v) is 4.71. The molecule has 0 saturated heterocycles. The van der Waals surface area contributed by atoms with Gasteiger partial charge in [-0.15, -0.1) is 10.2 Å². The Morgan fingerprint density at radius 3 is 2.77 bits per heavy atom. The lowest BCUT2D eigenvalue weighted by Crippen LogP contribution is -2.21. The highest BCUT2D eigenvalue weighted by atomic mass is 127. The average Bonchev–Trinajstić information content (AvgIpc) is 2.89. The number of carbonyl (C=O) groups is 1. The van der Waals surface area contributed by atoms with Crippen molar-refractivity contribution in [2.75, 3.05) is 0 Å². The molecule has 0 bridgehead atoms. The summed E-state index contributed by atoms with van der Waals surface area (Å²) in [5.74, 6) is -0.458. The molecule has 0 aliphatic heterocycles. The summed E-state index contributed by atoms with van der Waals surface area (Å²) in [5.41, 5.74) is 0.894. The van der Waals surface area contributed by atoms with Crippen LogP contribution in [-0.2, 0) is 4.79 Å². The number of fused-ring (bicyclic) bond motifs is 1. The maximum Gasteiger partial charge on any atom is 0.304 e. The maximum absolute atomic E-state index is 12.2. The van der Waals surface area contributed by atoms with E-state index in [1.165, 1.54) is 13.0 Å². The topological polar surface area (TPSA) is 87.0 Å². The van der Waals surface area contributed by atoms with E-state index in [0.717, 1.165) is 3.57 Å². The Balaban J connectivity index is 1.79. The van der Waals surface area contributed by atoms with Crippen LogP contribution in [-0.4, -0.2) is 22.1 Å². The molecule has 0 radical (unpaired) electrons. The Morgan fingerprint density at radius 1 is 1.27 bits per heavy atom. The van der Waals surface area contributed by atoms with E-state index in [9.17, 15) is 9.90 Å². The highest BCUT2D eigenvalue weighted by Crippen LogP contribution is 2.36. The number of aromatic hydroxyl groups is 1. The molecule has 0 aliphatic carbocycles. The molecule has 0 fully saturated rings. The summed E-state index contributed by atoms with van der Waals surface area (Å²) in [7, 11) is 0. The number of halogens is 3. The first kappa shape index (κ1) is 18.9. The van der Waals surface area contributed by atoms with Crippen molar-refractivity contribution >= 4 is 68.3 Å². The summed E-state index contributed by atoms with van der Waals surface area (Å²) in [4.78, 5) is 15.0. The van der Waals surface area contributed by atoms with Crippen LogP contribution in [0.1, 0.15) is 6.92 Å². The number of rotatable bonds is 4. The minimum Gasteiger partial charge on any atom is -0.493 e. The van der Waals surface area contributed by atoms with Crippen molar-refractivity contribution in [1.29, 1.82) is 0 Å². The Kier molecular flexibility index (Phi) is 5.69. The van der Waals surface area contributed by atoms with Gasteiger partial charge in [0.05, 0.1) is 10.5 Å². The standard InChI is InChI=1S/C17H12Cl2IN3O3/c1-8(26-14-5-2-9(18)6-12(14)19)16(24)23-22-15-11-7-10(20)3-4-13(11)21-17(15)25/h2-8,21,25H,1H3. The molecule has 6 nitrogen and oxygen atoms in total. The van der Waals surface area contributed by atoms with Gasteiger partial charge in [-0.1, -0.05) is 23.2 Å². The zero-order valence-electron chi connectivity index (χ0n) is 13.3. The number of hydrogen-bond acceptors (Lipinski definition) is 4. The molecule has 3 rings (SSSR count). The number of ether oxygens (including phenoxy) is 1. The van der Waals surface area contributed by atoms with E-state index in [2.05, 4.69) is 37.8 Å². The summed E-state index contributed by atoms with van der Waals surface area (Å²) in [6, 6.07) is 10.2. The van der Waals surface area contributed by atoms with Crippen molar-refractivity contribution in [3.05, 3.63) is 50.0 Å². The maximum atomic E-state index is 12.2. The second-order valence-electron chi connectivity index (χ2n) is 5.39. The molecule has 2 N–H and O–H groups in total. The number of aromatic nitrogens is 1. The molecule has 3 aromatic rings. The molecule has 9 heteroatoms. The van der Waals surface area contributed by atoms with E-state index >= 15 is 0 Å². The Bertz CT molecular complexity index is 1020. The molecule has 1 heterocycles. The molecule has 1 unspecified atom stereocenters. The van der Waals surface area contributed by atoms with Gasteiger partial charge in [0.15, 0.2) is 11.8 Å². The number of nitrogens with one attached hydrogen (secondary N) is 1. The van der Waals surface area contributed by atoms with Gasteiger partial charge >= 0.3 is 5.91 Å². The molecule has 1 atom stereocenters. The number of carbonyl (C=O) groups excluding carboxylic acids is 1. The fourth-order valence-corrected chi connectivity index (χ4v) is 3.17. The zero-order valence-corrected chi connectivity index (χ0v) is 17.0. The first-order valence-electron chi connectivity index (χ1n) is 7.42. The number of benzene rings is 2. The van der Waals surface area contributed by atoms with Gasteiger partial charge < -0.3 is 14.8 Å². The lowest BCUT2D eigenvalue weighted by molar-refractivity contribution is -0.124. The Morgan fingerprint density at radius 2 is 2.04 bits per heavy atom. The highest BCUT2D eigenvalue weighted by molar-refractivity contribution is 14.1. The molecule has 0 spiro atoms. The van der Waals surface area contributed by atoms with Gasteiger partial charge in [0.25, 0.3) is 0 Å². The van der Waals surface area contributed by atoms with Gasteiger partial charge in [0.2, 0.25) is 5.88 Å². The van der Waals surface area contributed by atoms with Gasteiger partial charge in [0, 0.05) is 14.0 Å². The fourth-order valence-electron chi connectivity index (χ4n) is 2.23. The van der Waals surface area contributed by atoms with Crippen LogP contribution in [0, 0.1) is 3.57 Å². The molecule has 134 valence electrons. The molecule has 26 heavy (non-hydrogen) atoms. The lowest BCUT2D eigenvalue weighted by Gasteiger charge is -2.12. The predicted octanol–water partition coefficient (Wildman–Crippen LogP) is 5.86. The lowest BCUT2D eigenvalue weighted by atomic mass is 10.2. The summed E-state index contributed by atoms with van der Waals surface area (Å²) in [6.07, 6.45) is -0.912. The summed E-state index contributed by atoms with van der Waals surface area (Å²) >= 11 is 14.0. The molecule has 0 saturated carbocycles. The quantitative estimate of drug-likeness (QED) is 0.345. The van der Waals surface area contributed by atoms with E-state index in [-0.39, 0.29) is 16.6 Å². The largest absolute Gasteiger partial charge is 0.493 e. The van der Waals surface area contributed by atoms with Crippen LogP contribution < -0.4 is 4.74 Å². The Labute approximate surface area is 172 Å². The minimum atomic E-state index is -0.912. The number of amides is 1. The van der Waals surface area contributed by atoms with E-state index in [0.29, 0.717) is 21.7 Å². The van der Waals surface area contributed by atoms with Crippen LogP contribution in [0.25, 0.3) is 10.9 Å². The van der Waals surface area contributed by atoms with Crippen LogP contribution in [0.4, 0.5) is 5.69 Å². The Hall–Kier alpha value is -1.84. The second-order valence-corrected chi connectivity index (χ2v) is 7.47. The monoisotopic (exact) mass is 503 g/mol. The van der Waals surface area contributed by atoms with Crippen molar-refractivity contribution in [3.63, 3.8) is 0 Å². The summed E-state index contributed by atoms with van der Waals surface area (Å²) < 4.78 is 6.47. The number of H-pyrrole nitrogens is 1. The number of azo groups is 1. The molecular weight excluding hydrogens is 492 g/mol. The normalized spacial score (nSPS) is 12.6. The third kappa shape index (κ3) is 4.11. The van der Waals surface area contributed by atoms with Crippen LogP contribution in [0.15, 0.2) is 46.6 Å². The van der Waals surface area contributed by atoms with Gasteiger partial charge in [-0.2, -0.15) is 0 Å². The van der Waals surface area contributed by atoms with E-state index in [1.54, 1.807) is 12.1 Å².